The Morgan fingerprint density at radius 2 is 0.673 bits per heavy atom. The molecule has 49 heavy (non-hydrogen) atoms. The van der Waals surface area contributed by atoms with Gasteiger partial charge in [0, 0.05) is 32.9 Å². The van der Waals surface area contributed by atoms with Crippen LogP contribution in [0.15, 0.2) is 91.0 Å². The van der Waals surface area contributed by atoms with Gasteiger partial charge in [-0.25, -0.2) is 0 Å². The zero-order valence-corrected chi connectivity index (χ0v) is 32.1. The topological polar surface area (TPSA) is 9.86 Å². The summed E-state index contributed by atoms with van der Waals surface area (Å²) >= 11 is 0. The van der Waals surface area contributed by atoms with E-state index in [2.05, 4.69) is 190 Å². The van der Waals surface area contributed by atoms with Crippen LogP contribution in [-0.4, -0.2) is 9.13 Å². The van der Waals surface area contributed by atoms with Crippen molar-refractivity contribution in [2.24, 2.45) is 0 Å². The van der Waals surface area contributed by atoms with Gasteiger partial charge in [0.1, 0.15) is 0 Å². The van der Waals surface area contributed by atoms with E-state index in [4.69, 9.17) is 0 Å². The Labute approximate surface area is 293 Å². The van der Waals surface area contributed by atoms with Crippen LogP contribution in [0.4, 0.5) is 0 Å². The quantitative estimate of drug-likeness (QED) is 0.177. The Hall–Kier alpha value is -4.30. The number of hydrogen-bond acceptors (Lipinski definition) is 0. The van der Waals surface area contributed by atoms with Crippen molar-refractivity contribution in [3.05, 3.63) is 119 Å². The summed E-state index contributed by atoms with van der Waals surface area (Å²) in [5.41, 5.74) is 14.4. The van der Waals surface area contributed by atoms with Crippen molar-refractivity contribution in [3.8, 4) is 11.4 Å². The second-order valence-corrected chi connectivity index (χ2v) is 18.5. The molecule has 5 aromatic carbocycles. The molecule has 7 rings (SSSR count). The summed E-state index contributed by atoms with van der Waals surface area (Å²) in [7, 11) is 0. The number of rotatable bonds is 2. The number of hydrogen-bond donors (Lipinski definition) is 0. The molecule has 7 aromatic rings. The highest BCUT2D eigenvalue weighted by molar-refractivity contribution is 6.21. The van der Waals surface area contributed by atoms with E-state index in [1.165, 1.54) is 82.8 Å². The first-order valence-electron chi connectivity index (χ1n) is 18.0. The number of fused-ring (bicyclic) bond motifs is 6. The highest BCUT2D eigenvalue weighted by atomic mass is 15.0. The summed E-state index contributed by atoms with van der Waals surface area (Å²) in [6, 6.07) is 35.0. The van der Waals surface area contributed by atoms with Gasteiger partial charge < -0.3 is 9.13 Å². The molecule has 0 amide bonds. The van der Waals surface area contributed by atoms with Gasteiger partial charge in [-0.15, -0.1) is 0 Å². The maximum atomic E-state index is 2.55. The van der Waals surface area contributed by atoms with Gasteiger partial charge in [0.2, 0.25) is 0 Å². The number of nitrogens with zero attached hydrogens (tertiary/aromatic N) is 2. The normalized spacial score (nSPS) is 13.4. The molecule has 0 saturated heterocycles. The van der Waals surface area contributed by atoms with Crippen LogP contribution in [0.3, 0.4) is 0 Å². The Balaban J connectivity index is 1.68. The van der Waals surface area contributed by atoms with Crippen molar-refractivity contribution < 1.29 is 0 Å². The first-order chi connectivity index (χ1) is 22.7. The first kappa shape index (κ1) is 33.2. The summed E-state index contributed by atoms with van der Waals surface area (Å²) in [6.45, 7) is 30.3. The van der Waals surface area contributed by atoms with Gasteiger partial charge in [0.15, 0.2) is 0 Å². The van der Waals surface area contributed by atoms with Gasteiger partial charge in [0.25, 0.3) is 0 Å². The second kappa shape index (κ2) is 10.8. The van der Waals surface area contributed by atoms with Crippen LogP contribution in [0.1, 0.15) is 111 Å². The Bertz CT molecular complexity index is 2180. The van der Waals surface area contributed by atoms with E-state index in [0.29, 0.717) is 0 Å². The molecule has 0 radical (unpaired) electrons. The summed E-state index contributed by atoms with van der Waals surface area (Å²) in [5.74, 6) is 0. The molecule has 0 aliphatic rings. The van der Waals surface area contributed by atoms with E-state index >= 15 is 0 Å². The van der Waals surface area contributed by atoms with Crippen LogP contribution in [0.25, 0.3) is 55.0 Å². The smallest absolute Gasteiger partial charge is 0.0591 e. The summed E-state index contributed by atoms with van der Waals surface area (Å²) in [6.07, 6.45) is 0. The fourth-order valence-electron chi connectivity index (χ4n) is 7.57. The molecule has 2 nitrogen and oxygen atoms in total. The van der Waals surface area contributed by atoms with Crippen molar-refractivity contribution in [2.75, 3.05) is 0 Å². The fraction of sp³-hybridized carbons (Fsp3) is 0.362. The van der Waals surface area contributed by atoms with E-state index in [-0.39, 0.29) is 21.7 Å². The molecule has 0 saturated carbocycles. The summed E-state index contributed by atoms with van der Waals surface area (Å²) < 4.78 is 5.11. The molecular weight excluding hydrogens is 593 g/mol. The largest absolute Gasteiger partial charge is 0.309 e. The minimum atomic E-state index is 0.0202. The van der Waals surface area contributed by atoms with E-state index < -0.39 is 0 Å². The summed E-state index contributed by atoms with van der Waals surface area (Å²) in [4.78, 5) is 0. The van der Waals surface area contributed by atoms with E-state index in [9.17, 15) is 0 Å². The van der Waals surface area contributed by atoms with Crippen LogP contribution in [0, 0.1) is 6.92 Å². The molecule has 2 aromatic heterocycles. The van der Waals surface area contributed by atoms with Crippen LogP contribution in [-0.2, 0) is 21.7 Å². The number of aromatic nitrogens is 2. The fourth-order valence-corrected chi connectivity index (χ4v) is 7.57. The zero-order valence-electron chi connectivity index (χ0n) is 32.1. The van der Waals surface area contributed by atoms with Gasteiger partial charge in [-0.1, -0.05) is 132 Å². The van der Waals surface area contributed by atoms with Gasteiger partial charge in [-0.05, 0) is 98.9 Å². The van der Waals surface area contributed by atoms with E-state index in [1.807, 2.05) is 0 Å². The third-order valence-electron chi connectivity index (χ3n) is 10.6. The van der Waals surface area contributed by atoms with Crippen LogP contribution in [0.5, 0.6) is 0 Å². The lowest BCUT2D eigenvalue weighted by Gasteiger charge is -2.27. The minimum Gasteiger partial charge on any atom is -0.309 e. The number of benzene rings is 5. The average Bonchev–Trinajstić information content (AvgIpc) is 3.53. The molecule has 0 atom stereocenters. The van der Waals surface area contributed by atoms with Crippen LogP contribution < -0.4 is 0 Å². The third kappa shape index (κ3) is 5.49. The molecular formula is C47H54N2. The predicted molar refractivity (Wildman–Crippen MR) is 215 cm³/mol. The molecule has 0 fully saturated rings. The summed E-state index contributed by atoms with van der Waals surface area (Å²) in [5, 5.41) is 5.20. The molecule has 0 N–H and O–H groups in total. The average molecular weight is 647 g/mol. The van der Waals surface area contributed by atoms with E-state index in [0.717, 1.165) is 0 Å². The predicted octanol–water partition coefficient (Wildman–Crippen LogP) is 13.4. The Kier molecular flexibility index (Phi) is 7.35. The SMILES string of the molecule is Cc1c2c(cc3c4ccccc4n(-c4cc(C(C)(C)C)cc(C(C)(C)C)c4)c13)c1ccccc1n2-c1cc(C(C)(C)C)cc(C(C)(C)C)c1. The van der Waals surface area contributed by atoms with Crippen molar-refractivity contribution in [3.63, 3.8) is 0 Å². The van der Waals surface area contributed by atoms with E-state index in [1.54, 1.807) is 0 Å². The highest BCUT2D eigenvalue weighted by Gasteiger charge is 2.27. The van der Waals surface area contributed by atoms with Gasteiger partial charge in [-0.2, -0.15) is 0 Å². The van der Waals surface area contributed by atoms with Crippen molar-refractivity contribution >= 4 is 43.6 Å². The Morgan fingerprint density at radius 3 is 0.980 bits per heavy atom. The van der Waals surface area contributed by atoms with Gasteiger partial charge >= 0.3 is 0 Å². The molecule has 2 heteroatoms. The maximum absolute atomic E-state index is 2.55. The lowest BCUT2D eigenvalue weighted by atomic mass is 9.80. The minimum absolute atomic E-state index is 0.0202. The number of para-hydroxylation sites is 2. The van der Waals surface area contributed by atoms with Crippen LogP contribution >= 0.6 is 0 Å². The highest BCUT2D eigenvalue weighted by Crippen LogP contribution is 2.44. The van der Waals surface area contributed by atoms with Crippen molar-refractivity contribution in [2.45, 2.75) is 112 Å². The van der Waals surface area contributed by atoms with Gasteiger partial charge in [0.05, 0.1) is 22.1 Å². The zero-order chi connectivity index (χ0) is 35.4. The van der Waals surface area contributed by atoms with Crippen molar-refractivity contribution in [1.82, 2.24) is 9.13 Å². The molecule has 0 unspecified atom stereocenters. The molecule has 0 aliphatic heterocycles. The second-order valence-electron chi connectivity index (χ2n) is 18.5. The Morgan fingerprint density at radius 1 is 0.367 bits per heavy atom. The molecule has 0 aliphatic carbocycles. The van der Waals surface area contributed by atoms with Crippen molar-refractivity contribution in [1.29, 1.82) is 0 Å². The molecule has 252 valence electrons. The van der Waals surface area contributed by atoms with Crippen LogP contribution in [0.2, 0.25) is 0 Å². The van der Waals surface area contributed by atoms with Gasteiger partial charge in [-0.3, -0.25) is 0 Å². The monoisotopic (exact) mass is 646 g/mol. The molecule has 0 spiro atoms. The standard InChI is InChI=1S/C47H54N2/c1-29-42-38(36-18-14-16-20-40(36)48(42)34-24-30(44(2,3)4)22-31(25-34)45(5,6)7)28-39-37-19-15-17-21-41(37)49(43(29)39)35-26-32(46(8,9)10)23-33(27-35)47(11,12)13/h14-28H,1-13H3. The first-order valence-corrected chi connectivity index (χ1v) is 18.0. The maximum Gasteiger partial charge on any atom is 0.0591 e. The molecule has 2 heterocycles. The number of aryl methyl sites for hydroxylation is 1. The molecule has 0 bridgehead atoms. The lowest BCUT2D eigenvalue weighted by Crippen LogP contribution is -2.17. The third-order valence-corrected chi connectivity index (χ3v) is 10.6. The lowest BCUT2D eigenvalue weighted by molar-refractivity contribution is 0.567.